The first-order valence-electron chi connectivity index (χ1n) is 9.47. The van der Waals surface area contributed by atoms with E-state index in [-0.39, 0.29) is 17.9 Å². The lowest BCUT2D eigenvalue weighted by molar-refractivity contribution is -0.131. The topological polar surface area (TPSA) is 86.3 Å². The number of fused-ring (bicyclic) bond motifs is 1. The fourth-order valence-corrected chi connectivity index (χ4v) is 3.44. The zero-order valence-corrected chi connectivity index (χ0v) is 16.4. The molecule has 30 heavy (non-hydrogen) atoms. The number of carbonyl (C=O) groups excluding carboxylic acids is 1. The highest BCUT2D eigenvalue weighted by atomic mass is 19.1. The highest BCUT2D eigenvalue weighted by Crippen LogP contribution is 2.26. The van der Waals surface area contributed by atoms with Gasteiger partial charge in [0, 0.05) is 37.0 Å². The number of amides is 1. The lowest BCUT2D eigenvalue weighted by Crippen LogP contribution is -2.28. The SMILES string of the molecule is COCCn1cc2c(n1)CN(C(=O)Cc1nc(-c3ccc(F)cc3F)ccc1N)C2. The Morgan fingerprint density at radius 2 is 2.07 bits per heavy atom. The van der Waals surface area contributed by atoms with Crippen LogP contribution in [-0.4, -0.2) is 39.3 Å². The molecular weight excluding hydrogens is 392 g/mol. The van der Waals surface area contributed by atoms with Crippen molar-refractivity contribution in [3.8, 4) is 11.3 Å². The molecular formula is C21H21F2N5O2. The van der Waals surface area contributed by atoms with Crippen molar-refractivity contribution in [1.82, 2.24) is 19.7 Å². The van der Waals surface area contributed by atoms with Crippen LogP contribution in [0.25, 0.3) is 11.3 Å². The summed E-state index contributed by atoms with van der Waals surface area (Å²) in [6, 6.07) is 6.40. The second kappa shape index (κ2) is 8.19. The van der Waals surface area contributed by atoms with Gasteiger partial charge in [-0.05, 0) is 24.3 Å². The fraction of sp³-hybridized carbons (Fsp3) is 0.286. The summed E-state index contributed by atoms with van der Waals surface area (Å²) in [7, 11) is 1.64. The number of nitrogens with zero attached hydrogens (tertiary/aromatic N) is 4. The first kappa shape index (κ1) is 20.0. The maximum Gasteiger partial charge on any atom is 0.229 e. The van der Waals surface area contributed by atoms with Crippen molar-refractivity contribution in [3.05, 3.63) is 65.1 Å². The van der Waals surface area contributed by atoms with Crippen LogP contribution in [0.1, 0.15) is 17.0 Å². The van der Waals surface area contributed by atoms with Crippen LogP contribution < -0.4 is 5.73 Å². The minimum absolute atomic E-state index is 0.0174. The van der Waals surface area contributed by atoms with Crippen LogP contribution in [0, 0.1) is 11.6 Å². The molecule has 0 bridgehead atoms. The van der Waals surface area contributed by atoms with E-state index in [9.17, 15) is 13.6 Å². The van der Waals surface area contributed by atoms with E-state index in [1.165, 1.54) is 6.07 Å². The molecule has 4 rings (SSSR count). The van der Waals surface area contributed by atoms with E-state index in [0.717, 1.165) is 23.4 Å². The van der Waals surface area contributed by atoms with Crippen LogP contribution in [0.5, 0.6) is 0 Å². The van der Waals surface area contributed by atoms with Crippen LogP contribution in [0.3, 0.4) is 0 Å². The van der Waals surface area contributed by atoms with Gasteiger partial charge in [-0.25, -0.2) is 8.78 Å². The summed E-state index contributed by atoms with van der Waals surface area (Å²) >= 11 is 0. The number of benzene rings is 1. The van der Waals surface area contributed by atoms with Gasteiger partial charge in [0.2, 0.25) is 5.91 Å². The van der Waals surface area contributed by atoms with Gasteiger partial charge in [0.25, 0.3) is 0 Å². The predicted octanol–water partition coefficient (Wildman–Crippen LogP) is 2.54. The number of carbonyl (C=O) groups is 1. The molecule has 156 valence electrons. The lowest BCUT2D eigenvalue weighted by Gasteiger charge is -2.16. The third kappa shape index (κ3) is 4.02. The lowest BCUT2D eigenvalue weighted by atomic mass is 10.1. The Kier molecular flexibility index (Phi) is 5.45. The Morgan fingerprint density at radius 1 is 1.23 bits per heavy atom. The molecule has 1 aliphatic heterocycles. The summed E-state index contributed by atoms with van der Waals surface area (Å²) in [4.78, 5) is 18.8. The molecule has 0 aliphatic carbocycles. The molecule has 0 fully saturated rings. The summed E-state index contributed by atoms with van der Waals surface area (Å²) in [5, 5.41) is 4.49. The van der Waals surface area contributed by atoms with Crippen molar-refractivity contribution in [3.63, 3.8) is 0 Å². The van der Waals surface area contributed by atoms with Gasteiger partial charge in [-0.1, -0.05) is 0 Å². The molecule has 0 saturated carbocycles. The van der Waals surface area contributed by atoms with Crippen molar-refractivity contribution >= 4 is 11.6 Å². The van der Waals surface area contributed by atoms with Crippen molar-refractivity contribution in [2.75, 3.05) is 19.5 Å². The summed E-state index contributed by atoms with van der Waals surface area (Å²) in [5.74, 6) is -1.54. The average Bonchev–Trinajstić information content (AvgIpc) is 3.27. The summed E-state index contributed by atoms with van der Waals surface area (Å²) in [6.07, 6.45) is 1.91. The van der Waals surface area contributed by atoms with Gasteiger partial charge < -0.3 is 15.4 Å². The summed E-state index contributed by atoms with van der Waals surface area (Å²) in [6.45, 7) is 2.11. The number of methoxy groups -OCH3 is 1. The standard InChI is InChI=1S/C21H21F2N5O2/c1-30-7-6-28-11-13-10-27(12-20(13)26-28)21(29)9-19-17(24)4-5-18(25-19)15-3-2-14(22)8-16(15)23/h2-5,8,11H,6-7,9-10,12,24H2,1H3. The Hall–Kier alpha value is -3.33. The molecule has 1 amide bonds. The Bertz CT molecular complexity index is 1080. The zero-order valence-electron chi connectivity index (χ0n) is 16.4. The Labute approximate surface area is 172 Å². The van der Waals surface area contributed by atoms with Gasteiger partial charge in [-0.3, -0.25) is 14.5 Å². The van der Waals surface area contributed by atoms with Gasteiger partial charge in [0.1, 0.15) is 11.6 Å². The highest BCUT2D eigenvalue weighted by molar-refractivity contribution is 5.80. The molecule has 0 spiro atoms. The van der Waals surface area contributed by atoms with E-state index in [1.807, 2.05) is 10.9 Å². The molecule has 0 atom stereocenters. The van der Waals surface area contributed by atoms with Crippen LogP contribution >= 0.6 is 0 Å². The Morgan fingerprint density at radius 3 is 2.80 bits per heavy atom. The van der Waals surface area contributed by atoms with Crippen LogP contribution in [0.15, 0.2) is 36.5 Å². The van der Waals surface area contributed by atoms with E-state index >= 15 is 0 Å². The number of pyridine rings is 1. The third-order valence-electron chi connectivity index (χ3n) is 5.04. The molecule has 0 radical (unpaired) electrons. The minimum atomic E-state index is -0.722. The van der Waals surface area contributed by atoms with Crippen molar-refractivity contribution < 1.29 is 18.3 Å². The predicted molar refractivity (Wildman–Crippen MR) is 106 cm³/mol. The van der Waals surface area contributed by atoms with Crippen molar-refractivity contribution in [2.45, 2.75) is 26.1 Å². The fourth-order valence-electron chi connectivity index (χ4n) is 3.44. The third-order valence-corrected chi connectivity index (χ3v) is 5.04. The number of nitrogens with two attached hydrogens (primary N) is 1. The van der Waals surface area contributed by atoms with Crippen LogP contribution in [-0.2, 0) is 35.6 Å². The van der Waals surface area contributed by atoms with E-state index in [2.05, 4.69) is 10.1 Å². The largest absolute Gasteiger partial charge is 0.397 e. The van der Waals surface area contributed by atoms with Gasteiger partial charge in [0.15, 0.2) is 0 Å². The van der Waals surface area contributed by atoms with E-state index in [4.69, 9.17) is 10.5 Å². The molecule has 1 aromatic carbocycles. The molecule has 0 unspecified atom stereocenters. The molecule has 0 saturated heterocycles. The number of anilines is 1. The Balaban J connectivity index is 1.47. The molecule has 2 aromatic heterocycles. The molecule has 1 aliphatic rings. The number of aromatic nitrogens is 3. The summed E-state index contributed by atoms with van der Waals surface area (Å²) in [5.41, 5.74) is 9.00. The maximum absolute atomic E-state index is 14.1. The zero-order chi connectivity index (χ0) is 21.3. The first-order valence-corrected chi connectivity index (χ1v) is 9.47. The van der Waals surface area contributed by atoms with Crippen LogP contribution in [0.4, 0.5) is 14.5 Å². The number of rotatable bonds is 6. The smallest absolute Gasteiger partial charge is 0.229 e. The van der Waals surface area contributed by atoms with E-state index in [1.54, 1.807) is 24.1 Å². The number of ether oxygens (including phenoxy) is 1. The van der Waals surface area contributed by atoms with Gasteiger partial charge >= 0.3 is 0 Å². The summed E-state index contributed by atoms with van der Waals surface area (Å²) < 4.78 is 34.1. The second-order valence-electron chi connectivity index (χ2n) is 7.14. The van der Waals surface area contributed by atoms with E-state index in [0.29, 0.717) is 43.3 Å². The van der Waals surface area contributed by atoms with Crippen LogP contribution in [0.2, 0.25) is 0 Å². The van der Waals surface area contributed by atoms with Crippen molar-refractivity contribution in [2.24, 2.45) is 0 Å². The molecule has 3 heterocycles. The first-order chi connectivity index (χ1) is 14.4. The molecule has 9 heteroatoms. The van der Waals surface area contributed by atoms with Gasteiger partial charge in [-0.15, -0.1) is 0 Å². The number of halogens is 2. The highest BCUT2D eigenvalue weighted by Gasteiger charge is 2.27. The maximum atomic E-state index is 14.1. The molecule has 3 aromatic rings. The number of hydrogen-bond acceptors (Lipinski definition) is 5. The monoisotopic (exact) mass is 413 g/mol. The minimum Gasteiger partial charge on any atom is -0.397 e. The van der Waals surface area contributed by atoms with Gasteiger partial charge in [0.05, 0.1) is 48.9 Å². The number of nitrogen functional groups attached to an aromatic ring is 1. The quantitative estimate of drug-likeness (QED) is 0.671. The average molecular weight is 413 g/mol. The van der Waals surface area contributed by atoms with Crippen molar-refractivity contribution in [1.29, 1.82) is 0 Å². The van der Waals surface area contributed by atoms with Gasteiger partial charge in [-0.2, -0.15) is 5.10 Å². The normalized spacial score (nSPS) is 13.0. The molecule has 2 N–H and O–H groups in total. The molecule has 7 nitrogen and oxygen atoms in total. The number of hydrogen-bond donors (Lipinski definition) is 1. The van der Waals surface area contributed by atoms with E-state index < -0.39 is 11.6 Å². The second-order valence-corrected chi connectivity index (χ2v) is 7.14.